The Labute approximate surface area is 68.0 Å². The molecule has 0 aromatic rings. The van der Waals surface area contributed by atoms with E-state index in [9.17, 15) is 0 Å². The molecule has 0 rings (SSSR count). The van der Waals surface area contributed by atoms with Gasteiger partial charge in [-0.2, -0.15) is 13.1 Å². The molecule has 0 saturated heterocycles. The molecule has 4 heteroatoms. The van der Waals surface area contributed by atoms with E-state index in [0.717, 1.165) is 0 Å². The number of halogens is 1. The molecule has 0 amide bonds. The molecule has 2 N–H and O–H groups in total. The minimum atomic E-state index is -1.37. The Kier molecular flexibility index (Phi) is 10.4. The van der Waals surface area contributed by atoms with E-state index in [4.69, 9.17) is 11.5 Å². The van der Waals surface area contributed by atoms with E-state index < -0.39 is 16.2 Å². The largest absolute Gasteiger partial charge is 0.679 e. The Balaban J connectivity index is 0. The SMILES string of the molecule is [CH3][Sn]([CH3])([CH3])[Br].[NH-]CC[NH-]. The van der Waals surface area contributed by atoms with Gasteiger partial charge in [0.05, 0.1) is 0 Å². The van der Waals surface area contributed by atoms with Crippen molar-refractivity contribution in [2.75, 3.05) is 13.1 Å². The first kappa shape index (κ1) is 12.8. The van der Waals surface area contributed by atoms with Gasteiger partial charge in [0.1, 0.15) is 0 Å². The standard InChI is InChI=1S/C2H6N2.3CH3.BrH.Sn/c3-1-2-4;;;;;/h3-4H,1-2H2;3*1H3;1H;/q-2;;;;;+1/p-1. The molecule has 0 radical (unpaired) electrons. The maximum atomic E-state index is 6.26. The van der Waals surface area contributed by atoms with Crippen LogP contribution >= 0.6 is 12.7 Å². The van der Waals surface area contributed by atoms with Crippen LogP contribution in [-0.2, 0) is 0 Å². The van der Waals surface area contributed by atoms with Gasteiger partial charge in [0, 0.05) is 0 Å². The molecule has 0 saturated carbocycles. The molecule has 0 aliphatic heterocycles. The summed E-state index contributed by atoms with van der Waals surface area (Å²) in [6.45, 7) is 0.472. The fourth-order valence-corrected chi connectivity index (χ4v) is 0. The normalized spacial score (nSPS) is 10.0. The summed E-state index contributed by atoms with van der Waals surface area (Å²) in [5.74, 6) is 0. The van der Waals surface area contributed by atoms with Crippen LogP contribution in [0.5, 0.6) is 0 Å². The molecule has 0 aliphatic carbocycles. The monoisotopic (exact) mass is 302 g/mol. The summed E-state index contributed by atoms with van der Waals surface area (Å²) in [5, 5.41) is 0. The van der Waals surface area contributed by atoms with Crippen LogP contribution in [-0.4, -0.2) is 29.2 Å². The summed E-state index contributed by atoms with van der Waals surface area (Å²) in [4.78, 5) is 6.94. The molecule has 0 aromatic carbocycles. The average Bonchev–Trinajstić information content (AvgIpc) is 1.61. The van der Waals surface area contributed by atoms with Gasteiger partial charge in [-0.1, -0.05) is 0 Å². The van der Waals surface area contributed by atoms with E-state index in [0.29, 0.717) is 0 Å². The molecule has 0 heterocycles. The van der Waals surface area contributed by atoms with Gasteiger partial charge >= 0.3 is 43.7 Å². The fourth-order valence-electron chi connectivity index (χ4n) is 0. The fraction of sp³-hybridized carbons (Fsp3) is 1.00. The van der Waals surface area contributed by atoms with Crippen LogP contribution in [0.4, 0.5) is 0 Å². The van der Waals surface area contributed by atoms with E-state index in [1.807, 2.05) is 0 Å². The van der Waals surface area contributed by atoms with Gasteiger partial charge in [0.25, 0.3) is 0 Å². The van der Waals surface area contributed by atoms with Crippen molar-refractivity contribution in [2.45, 2.75) is 14.8 Å². The van der Waals surface area contributed by atoms with Crippen LogP contribution in [0.1, 0.15) is 0 Å². The first-order chi connectivity index (χ1) is 3.91. The van der Waals surface area contributed by atoms with Crippen molar-refractivity contribution in [3.05, 3.63) is 11.5 Å². The minimum absolute atomic E-state index is 0.236. The van der Waals surface area contributed by atoms with E-state index in [-0.39, 0.29) is 13.1 Å². The topological polar surface area (TPSA) is 47.6 Å². The first-order valence-electron chi connectivity index (χ1n) is 2.90. The molecule has 2 nitrogen and oxygen atoms in total. The summed E-state index contributed by atoms with van der Waals surface area (Å²) in [6, 6.07) is 0. The van der Waals surface area contributed by atoms with Crippen LogP contribution in [0.25, 0.3) is 11.5 Å². The van der Waals surface area contributed by atoms with Crippen LogP contribution < -0.4 is 0 Å². The summed E-state index contributed by atoms with van der Waals surface area (Å²) < 4.78 is 0. The molecule has 0 atom stereocenters. The second-order valence-corrected chi connectivity index (χ2v) is 30.3. The number of nitrogens with one attached hydrogen (secondary N) is 2. The number of hydrogen-bond acceptors (Lipinski definition) is 0. The molecule has 9 heavy (non-hydrogen) atoms. The van der Waals surface area contributed by atoms with E-state index >= 15 is 0 Å². The minimum Gasteiger partial charge on any atom is -0.679 e. The average molecular weight is 302 g/mol. The number of rotatable bonds is 1. The smallest absolute Gasteiger partial charge is 0.171 e. The Bertz CT molecular complexity index is 45.4. The summed E-state index contributed by atoms with van der Waals surface area (Å²) >= 11 is 2.22. The van der Waals surface area contributed by atoms with Crippen molar-refractivity contribution in [3.8, 4) is 0 Å². The molecule has 58 valence electrons. The van der Waals surface area contributed by atoms with E-state index in [2.05, 4.69) is 27.5 Å². The van der Waals surface area contributed by atoms with Crippen molar-refractivity contribution in [1.82, 2.24) is 0 Å². The molecular weight excluding hydrogens is 287 g/mol. The second-order valence-electron chi connectivity index (χ2n) is 2.57. The zero-order valence-electron chi connectivity index (χ0n) is 6.29. The van der Waals surface area contributed by atoms with E-state index in [1.54, 1.807) is 0 Å². The van der Waals surface area contributed by atoms with E-state index in [1.165, 1.54) is 0 Å². The molecule has 0 aliphatic rings. The molecular formula is C5H15BrN2Sn-2. The molecule has 0 bridgehead atoms. The molecule has 0 fully saturated rings. The second kappa shape index (κ2) is 7.31. The van der Waals surface area contributed by atoms with Crippen LogP contribution in [0.15, 0.2) is 0 Å². The Hall–Kier alpha value is 1.20. The number of hydrogen-bond donors (Lipinski definition) is 0. The maximum absolute atomic E-state index is 6.26. The van der Waals surface area contributed by atoms with Gasteiger partial charge in [0.2, 0.25) is 0 Å². The third-order valence-corrected chi connectivity index (χ3v) is 0.125. The maximum Gasteiger partial charge on any atom is -0.171 e. The van der Waals surface area contributed by atoms with Crippen molar-refractivity contribution < 1.29 is 0 Å². The molecule has 0 aromatic heterocycles. The van der Waals surface area contributed by atoms with Crippen molar-refractivity contribution in [1.29, 1.82) is 0 Å². The third-order valence-electron chi connectivity index (χ3n) is 0.125. The Morgan fingerprint density at radius 3 is 1.22 bits per heavy atom. The van der Waals surface area contributed by atoms with Crippen LogP contribution in [0.2, 0.25) is 14.8 Å². The molecule has 0 spiro atoms. The summed E-state index contributed by atoms with van der Waals surface area (Å²) in [5.41, 5.74) is 12.5. The molecule has 0 unspecified atom stereocenters. The zero-order chi connectivity index (χ0) is 7.91. The van der Waals surface area contributed by atoms with Crippen molar-refractivity contribution >= 4 is 28.9 Å². The first-order valence-corrected chi connectivity index (χ1v) is 17.9. The van der Waals surface area contributed by atoms with Crippen LogP contribution in [0, 0.1) is 0 Å². The Morgan fingerprint density at radius 2 is 1.22 bits per heavy atom. The van der Waals surface area contributed by atoms with Crippen LogP contribution in [0.3, 0.4) is 0 Å². The summed E-state index contributed by atoms with van der Waals surface area (Å²) in [7, 11) is 0. The van der Waals surface area contributed by atoms with Gasteiger partial charge in [-0.15, -0.1) is 0 Å². The van der Waals surface area contributed by atoms with Crippen molar-refractivity contribution in [2.24, 2.45) is 0 Å². The van der Waals surface area contributed by atoms with Crippen molar-refractivity contribution in [3.63, 3.8) is 0 Å². The van der Waals surface area contributed by atoms with Gasteiger partial charge in [-0.25, -0.2) is 0 Å². The van der Waals surface area contributed by atoms with Gasteiger partial charge < -0.3 is 11.5 Å². The zero-order valence-corrected chi connectivity index (χ0v) is 10.7. The third kappa shape index (κ3) is 98.6. The summed E-state index contributed by atoms with van der Waals surface area (Å²) in [6.07, 6.45) is 0. The van der Waals surface area contributed by atoms with Gasteiger partial charge in [-0.3, -0.25) is 0 Å². The quantitative estimate of drug-likeness (QED) is 0.667. The predicted octanol–water partition coefficient (Wildman–Crippen LogP) is 3.31. The van der Waals surface area contributed by atoms with Gasteiger partial charge in [-0.05, 0) is 0 Å². The predicted molar refractivity (Wildman–Crippen MR) is 50.7 cm³/mol. The Morgan fingerprint density at radius 1 is 1.11 bits per heavy atom. The van der Waals surface area contributed by atoms with Gasteiger partial charge in [0.15, 0.2) is 0 Å².